The maximum absolute atomic E-state index is 13.4. The molecule has 3 nitrogen and oxygen atoms in total. The number of nitrogens with zero attached hydrogens (tertiary/aromatic N) is 1. The molecule has 0 radical (unpaired) electrons. The van der Waals surface area contributed by atoms with Crippen molar-refractivity contribution in [2.24, 2.45) is 0 Å². The van der Waals surface area contributed by atoms with E-state index in [1.165, 1.54) is 12.1 Å². The molecule has 1 aromatic heterocycles. The van der Waals surface area contributed by atoms with Gasteiger partial charge in [-0.1, -0.05) is 0 Å². The second-order valence-corrected chi connectivity index (χ2v) is 6.41. The van der Waals surface area contributed by atoms with Crippen LogP contribution in [-0.2, 0) is 6.18 Å². The zero-order valence-corrected chi connectivity index (χ0v) is 13.0. The minimum Gasteiger partial charge on any atom is -0.345 e. The quantitative estimate of drug-likeness (QED) is 0.820. The van der Waals surface area contributed by atoms with Gasteiger partial charge in [0.1, 0.15) is 11.5 Å². The molecule has 0 saturated carbocycles. The summed E-state index contributed by atoms with van der Waals surface area (Å²) in [6.07, 6.45) is -3.05. The number of alkyl halides is 3. The molecule has 2 heterocycles. The van der Waals surface area contributed by atoms with Gasteiger partial charge in [-0.25, -0.2) is 4.39 Å². The van der Waals surface area contributed by atoms with Gasteiger partial charge in [0.2, 0.25) is 0 Å². The molecule has 1 aromatic carbocycles. The van der Waals surface area contributed by atoms with Gasteiger partial charge in [0.15, 0.2) is 0 Å². The smallest absolute Gasteiger partial charge is 0.345 e. The Kier molecular flexibility index (Phi) is 4.49. The molecule has 2 aromatic rings. The van der Waals surface area contributed by atoms with Crippen molar-refractivity contribution in [3.05, 3.63) is 59.2 Å². The van der Waals surface area contributed by atoms with Crippen molar-refractivity contribution in [2.75, 3.05) is 5.75 Å². The molecule has 1 unspecified atom stereocenters. The molecule has 1 amide bonds. The highest BCUT2D eigenvalue weighted by Gasteiger charge is 2.32. The molecule has 24 heavy (non-hydrogen) atoms. The first-order valence-corrected chi connectivity index (χ1v) is 8.09. The van der Waals surface area contributed by atoms with Crippen LogP contribution in [0, 0.1) is 5.82 Å². The summed E-state index contributed by atoms with van der Waals surface area (Å²) in [4.78, 5) is 16.4. The van der Waals surface area contributed by atoms with E-state index in [4.69, 9.17) is 0 Å². The SMILES string of the molecule is O=C(NC1CCSc2ccc(F)cc21)c1ccc(C(F)(F)F)nc1. The lowest BCUT2D eigenvalue weighted by molar-refractivity contribution is -0.141. The van der Waals surface area contributed by atoms with Crippen molar-refractivity contribution < 1.29 is 22.4 Å². The summed E-state index contributed by atoms with van der Waals surface area (Å²) >= 11 is 1.57. The first kappa shape index (κ1) is 16.8. The van der Waals surface area contributed by atoms with Gasteiger partial charge in [-0.05, 0) is 42.3 Å². The Morgan fingerprint density at radius 3 is 2.71 bits per heavy atom. The Hall–Kier alpha value is -2.09. The predicted octanol–water partition coefficient (Wildman–Crippen LogP) is 4.21. The van der Waals surface area contributed by atoms with Crippen molar-refractivity contribution in [3.63, 3.8) is 0 Å². The van der Waals surface area contributed by atoms with E-state index in [9.17, 15) is 22.4 Å². The van der Waals surface area contributed by atoms with Crippen LogP contribution >= 0.6 is 11.8 Å². The lowest BCUT2D eigenvalue weighted by Gasteiger charge is -2.26. The van der Waals surface area contributed by atoms with Crippen LogP contribution in [0.1, 0.15) is 34.1 Å². The third-order valence-corrected chi connectivity index (χ3v) is 4.76. The van der Waals surface area contributed by atoms with Crippen LogP contribution < -0.4 is 5.32 Å². The van der Waals surface area contributed by atoms with Gasteiger partial charge in [-0.2, -0.15) is 13.2 Å². The van der Waals surface area contributed by atoms with Gasteiger partial charge in [0.25, 0.3) is 5.91 Å². The highest BCUT2D eigenvalue weighted by atomic mass is 32.2. The summed E-state index contributed by atoms with van der Waals surface area (Å²) in [5.41, 5.74) is -0.348. The van der Waals surface area contributed by atoms with Gasteiger partial charge in [0, 0.05) is 16.8 Å². The Morgan fingerprint density at radius 2 is 2.04 bits per heavy atom. The normalized spacial score (nSPS) is 17.2. The number of aromatic nitrogens is 1. The molecule has 8 heteroatoms. The number of amides is 1. The van der Waals surface area contributed by atoms with E-state index in [1.54, 1.807) is 17.8 Å². The van der Waals surface area contributed by atoms with Crippen molar-refractivity contribution in [1.82, 2.24) is 10.3 Å². The Morgan fingerprint density at radius 1 is 1.25 bits per heavy atom. The second-order valence-electron chi connectivity index (χ2n) is 5.28. The predicted molar refractivity (Wildman–Crippen MR) is 81.2 cm³/mol. The van der Waals surface area contributed by atoms with Gasteiger partial charge in [-0.15, -0.1) is 11.8 Å². The molecule has 0 bridgehead atoms. The highest BCUT2D eigenvalue weighted by Crippen LogP contribution is 2.36. The largest absolute Gasteiger partial charge is 0.433 e. The molecular weight excluding hydrogens is 344 g/mol. The third-order valence-electron chi connectivity index (χ3n) is 3.63. The molecule has 1 aliphatic rings. The highest BCUT2D eigenvalue weighted by molar-refractivity contribution is 7.99. The number of pyridine rings is 1. The van der Waals surface area contributed by atoms with E-state index in [0.29, 0.717) is 12.0 Å². The fourth-order valence-electron chi connectivity index (χ4n) is 2.45. The van der Waals surface area contributed by atoms with Crippen LogP contribution in [0.2, 0.25) is 0 Å². The maximum atomic E-state index is 13.4. The summed E-state index contributed by atoms with van der Waals surface area (Å²) in [6.45, 7) is 0. The van der Waals surface area contributed by atoms with Crippen LogP contribution in [0.15, 0.2) is 41.4 Å². The molecule has 0 spiro atoms. The molecule has 0 fully saturated rings. The molecule has 1 aliphatic heterocycles. The van der Waals surface area contributed by atoms with E-state index in [2.05, 4.69) is 10.3 Å². The monoisotopic (exact) mass is 356 g/mol. The standard InChI is InChI=1S/C16H12F4N2OS/c17-10-2-3-13-11(7-10)12(5-6-24-13)22-15(23)9-1-4-14(21-8-9)16(18,19)20/h1-4,7-8,12H,5-6H2,(H,22,23). The fraction of sp³-hybridized carbons (Fsp3) is 0.250. The van der Waals surface area contributed by atoms with E-state index < -0.39 is 23.6 Å². The minimum atomic E-state index is -4.55. The summed E-state index contributed by atoms with van der Waals surface area (Å²) in [5, 5.41) is 2.74. The van der Waals surface area contributed by atoms with E-state index in [0.717, 1.165) is 29.0 Å². The van der Waals surface area contributed by atoms with E-state index in [-0.39, 0.29) is 11.6 Å². The molecule has 0 saturated heterocycles. The van der Waals surface area contributed by atoms with Crippen LogP contribution in [-0.4, -0.2) is 16.6 Å². The summed E-state index contributed by atoms with van der Waals surface area (Å²) in [7, 11) is 0. The average Bonchev–Trinajstić information content (AvgIpc) is 2.54. The summed E-state index contributed by atoms with van der Waals surface area (Å²) in [5.74, 6) is -0.176. The molecule has 0 aliphatic carbocycles. The number of benzene rings is 1. The second kappa shape index (κ2) is 6.43. The van der Waals surface area contributed by atoms with Crippen LogP contribution in [0.3, 0.4) is 0 Å². The lowest BCUT2D eigenvalue weighted by Crippen LogP contribution is -2.31. The number of hydrogen-bond donors (Lipinski definition) is 1. The number of thioether (sulfide) groups is 1. The number of fused-ring (bicyclic) bond motifs is 1. The van der Waals surface area contributed by atoms with E-state index >= 15 is 0 Å². The molecular formula is C16H12F4N2OS. The lowest BCUT2D eigenvalue weighted by atomic mass is 10.0. The fourth-order valence-corrected chi connectivity index (χ4v) is 3.56. The van der Waals surface area contributed by atoms with Gasteiger partial charge in [0.05, 0.1) is 11.6 Å². The van der Waals surface area contributed by atoms with Crippen LogP contribution in [0.5, 0.6) is 0 Å². The minimum absolute atomic E-state index is 0.0270. The van der Waals surface area contributed by atoms with Crippen molar-refractivity contribution in [3.8, 4) is 0 Å². The molecule has 1 atom stereocenters. The first-order chi connectivity index (χ1) is 11.3. The number of carbonyl (C=O) groups is 1. The topological polar surface area (TPSA) is 42.0 Å². The van der Waals surface area contributed by atoms with E-state index in [1.807, 2.05) is 0 Å². The number of carbonyl (C=O) groups excluding carboxylic acids is 1. The zero-order chi connectivity index (χ0) is 17.3. The third kappa shape index (κ3) is 3.53. The summed E-state index contributed by atoms with van der Waals surface area (Å²) in [6, 6.07) is 5.85. The van der Waals surface area contributed by atoms with Crippen molar-refractivity contribution >= 4 is 17.7 Å². The van der Waals surface area contributed by atoms with Crippen molar-refractivity contribution in [1.29, 1.82) is 0 Å². The number of halogens is 4. The molecule has 3 rings (SSSR count). The zero-order valence-electron chi connectivity index (χ0n) is 12.2. The van der Waals surface area contributed by atoms with Crippen molar-refractivity contribution in [2.45, 2.75) is 23.5 Å². The van der Waals surface area contributed by atoms with Gasteiger partial charge in [-0.3, -0.25) is 9.78 Å². The number of rotatable bonds is 2. The molecule has 1 N–H and O–H groups in total. The maximum Gasteiger partial charge on any atom is 0.433 e. The number of hydrogen-bond acceptors (Lipinski definition) is 3. The van der Waals surface area contributed by atoms with Gasteiger partial charge >= 0.3 is 6.18 Å². The Balaban J connectivity index is 1.78. The average molecular weight is 356 g/mol. The number of nitrogens with one attached hydrogen (secondary N) is 1. The summed E-state index contributed by atoms with van der Waals surface area (Å²) < 4.78 is 50.9. The molecule has 126 valence electrons. The Bertz CT molecular complexity index is 762. The van der Waals surface area contributed by atoms with Gasteiger partial charge < -0.3 is 5.32 Å². The first-order valence-electron chi connectivity index (χ1n) is 7.11. The van der Waals surface area contributed by atoms with Crippen LogP contribution in [0.25, 0.3) is 0 Å². The Labute approximate surface area is 139 Å². The van der Waals surface area contributed by atoms with Crippen LogP contribution in [0.4, 0.5) is 17.6 Å².